The second-order valence-corrected chi connectivity index (χ2v) is 8.30. The summed E-state index contributed by atoms with van der Waals surface area (Å²) in [6, 6.07) is 16.1. The third kappa shape index (κ3) is 5.40. The van der Waals surface area contributed by atoms with E-state index < -0.39 is 0 Å². The fraction of sp³-hybridized carbons (Fsp3) is 0.360. The van der Waals surface area contributed by atoms with Crippen LogP contribution in [0, 0.1) is 0 Å². The van der Waals surface area contributed by atoms with Crippen LogP contribution in [0.2, 0.25) is 0 Å². The summed E-state index contributed by atoms with van der Waals surface area (Å²) in [5.41, 5.74) is 2.22. The molecule has 0 saturated carbocycles. The van der Waals surface area contributed by atoms with E-state index in [4.69, 9.17) is 26.7 Å². The molecule has 32 heavy (non-hydrogen) atoms. The summed E-state index contributed by atoms with van der Waals surface area (Å²) >= 11 is 5.66. The average Bonchev–Trinajstić information content (AvgIpc) is 3.29. The van der Waals surface area contributed by atoms with Crippen molar-refractivity contribution in [2.24, 2.45) is 0 Å². The lowest BCUT2D eigenvalue weighted by molar-refractivity contribution is 0.307. The van der Waals surface area contributed by atoms with Crippen LogP contribution in [0.5, 0.6) is 11.5 Å². The third-order valence-electron chi connectivity index (χ3n) is 5.82. The lowest BCUT2D eigenvalue weighted by atomic mass is 9.96. The average molecular weight is 451 g/mol. The first kappa shape index (κ1) is 22.1. The Balaban J connectivity index is 1.31. The molecule has 1 N–H and O–H groups in total. The predicted octanol–water partition coefficient (Wildman–Crippen LogP) is 4.92. The molecule has 1 fully saturated rings. The van der Waals surface area contributed by atoms with Crippen molar-refractivity contribution < 1.29 is 9.47 Å². The molecule has 168 valence electrons. The number of nitrogens with zero attached hydrogens (tertiary/aromatic N) is 3. The Labute approximate surface area is 195 Å². The first-order valence-electron chi connectivity index (χ1n) is 11.1. The van der Waals surface area contributed by atoms with Crippen molar-refractivity contribution in [3.8, 4) is 11.5 Å². The lowest BCUT2D eigenvalue weighted by Crippen LogP contribution is -2.40. The highest BCUT2D eigenvalue weighted by Gasteiger charge is 2.25. The smallest absolute Gasteiger partial charge is 0.173 e. The number of anilines is 1. The fourth-order valence-electron chi connectivity index (χ4n) is 4.09. The van der Waals surface area contributed by atoms with Crippen LogP contribution in [-0.4, -0.2) is 46.4 Å². The number of methoxy groups -OCH3 is 1. The minimum absolute atomic E-state index is 0.438. The maximum Gasteiger partial charge on any atom is 0.173 e. The molecular weight excluding hydrogens is 420 g/mol. The van der Waals surface area contributed by atoms with Gasteiger partial charge in [0, 0.05) is 43.6 Å². The lowest BCUT2D eigenvalue weighted by Gasteiger charge is -2.33. The van der Waals surface area contributed by atoms with Crippen LogP contribution in [0.25, 0.3) is 0 Å². The number of aromatic nitrogens is 2. The Hall–Kier alpha value is -3.06. The van der Waals surface area contributed by atoms with E-state index in [0.29, 0.717) is 12.5 Å². The molecule has 0 radical (unpaired) electrons. The van der Waals surface area contributed by atoms with Crippen molar-refractivity contribution in [3.05, 3.63) is 72.3 Å². The predicted molar refractivity (Wildman–Crippen MR) is 132 cm³/mol. The maximum absolute atomic E-state index is 5.66. The van der Waals surface area contributed by atoms with Crippen LogP contribution in [0.3, 0.4) is 0 Å². The van der Waals surface area contributed by atoms with Gasteiger partial charge in [-0.15, -0.1) is 0 Å². The molecule has 6 nitrogen and oxygen atoms in total. The molecule has 0 atom stereocenters. The van der Waals surface area contributed by atoms with Gasteiger partial charge in [-0.2, -0.15) is 0 Å². The number of benzene rings is 2. The molecule has 0 amide bonds. The second kappa shape index (κ2) is 10.5. The van der Waals surface area contributed by atoms with E-state index in [0.717, 1.165) is 60.6 Å². The number of ether oxygens (including phenoxy) is 2. The SMILES string of the molecule is CCOc1ccc(NC(=S)N2CCC(c3nccn3Cc3ccc(OC)cc3)CC2)cc1. The second-order valence-electron chi connectivity index (χ2n) is 7.91. The zero-order chi connectivity index (χ0) is 22.3. The Morgan fingerprint density at radius 3 is 2.41 bits per heavy atom. The van der Waals surface area contributed by atoms with Gasteiger partial charge in [-0.05, 0) is 73.9 Å². The molecule has 0 unspecified atom stereocenters. The Morgan fingerprint density at radius 2 is 1.75 bits per heavy atom. The number of hydrogen-bond donors (Lipinski definition) is 1. The van der Waals surface area contributed by atoms with Gasteiger partial charge in [0.05, 0.1) is 13.7 Å². The van der Waals surface area contributed by atoms with Gasteiger partial charge in [-0.25, -0.2) is 4.98 Å². The zero-order valence-electron chi connectivity index (χ0n) is 18.7. The van der Waals surface area contributed by atoms with E-state index in [9.17, 15) is 0 Å². The highest BCUT2D eigenvalue weighted by molar-refractivity contribution is 7.80. The zero-order valence-corrected chi connectivity index (χ0v) is 19.5. The molecular formula is C25H30N4O2S. The van der Waals surface area contributed by atoms with Crippen molar-refractivity contribution in [1.29, 1.82) is 0 Å². The molecule has 7 heteroatoms. The van der Waals surface area contributed by atoms with Crippen LogP contribution in [0.4, 0.5) is 5.69 Å². The molecule has 3 aromatic rings. The number of piperidine rings is 1. The van der Waals surface area contributed by atoms with Crippen LogP contribution in [0.1, 0.15) is 37.1 Å². The summed E-state index contributed by atoms with van der Waals surface area (Å²) in [4.78, 5) is 6.94. The summed E-state index contributed by atoms with van der Waals surface area (Å²) in [7, 11) is 1.69. The third-order valence-corrected chi connectivity index (χ3v) is 6.18. The van der Waals surface area contributed by atoms with Gasteiger partial charge in [-0.1, -0.05) is 12.1 Å². The van der Waals surface area contributed by atoms with E-state index in [1.54, 1.807) is 7.11 Å². The number of likely N-dealkylation sites (tertiary alicyclic amines) is 1. The summed E-state index contributed by atoms with van der Waals surface area (Å²) in [6.07, 6.45) is 6.04. The monoisotopic (exact) mass is 450 g/mol. The number of hydrogen-bond acceptors (Lipinski definition) is 4. The van der Waals surface area contributed by atoms with Crippen LogP contribution in [0.15, 0.2) is 60.9 Å². The largest absolute Gasteiger partial charge is 0.497 e. The van der Waals surface area contributed by atoms with Crippen molar-refractivity contribution in [2.45, 2.75) is 32.2 Å². The van der Waals surface area contributed by atoms with Gasteiger partial charge in [-0.3, -0.25) is 0 Å². The maximum atomic E-state index is 5.66. The van der Waals surface area contributed by atoms with E-state index in [1.165, 1.54) is 5.56 Å². The summed E-state index contributed by atoms with van der Waals surface area (Å²) < 4.78 is 13.0. The molecule has 1 aliphatic heterocycles. The number of imidazole rings is 1. The van der Waals surface area contributed by atoms with Crippen molar-refractivity contribution >= 4 is 23.0 Å². The molecule has 4 rings (SSSR count). The topological polar surface area (TPSA) is 51.5 Å². The standard InChI is InChI=1S/C25H30N4O2S/c1-3-31-23-10-6-21(7-11-23)27-25(32)28-15-12-20(13-16-28)24-26-14-17-29(24)18-19-4-8-22(30-2)9-5-19/h4-11,14,17,20H,3,12-13,15-16,18H2,1-2H3,(H,27,32). The fourth-order valence-corrected chi connectivity index (χ4v) is 4.39. The summed E-state index contributed by atoms with van der Waals surface area (Å²) in [5.74, 6) is 3.34. The van der Waals surface area contributed by atoms with E-state index >= 15 is 0 Å². The minimum Gasteiger partial charge on any atom is -0.497 e. The van der Waals surface area contributed by atoms with Gasteiger partial charge in [0.2, 0.25) is 0 Å². The first-order valence-corrected chi connectivity index (χ1v) is 11.5. The van der Waals surface area contributed by atoms with Gasteiger partial charge in [0.25, 0.3) is 0 Å². The Morgan fingerprint density at radius 1 is 1.06 bits per heavy atom. The molecule has 1 saturated heterocycles. The number of rotatable bonds is 7. The number of nitrogens with one attached hydrogen (secondary N) is 1. The molecule has 2 aromatic carbocycles. The molecule has 2 heterocycles. The number of thiocarbonyl (C=S) groups is 1. The normalized spacial score (nSPS) is 14.2. The first-order chi connectivity index (χ1) is 15.7. The summed E-state index contributed by atoms with van der Waals surface area (Å²) in [6.45, 7) is 5.30. The molecule has 0 spiro atoms. The molecule has 0 bridgehead atoms. The molecule has 1 aliphatic rings. The van der Waals surface area contributed by atoms with Gasteiger partial charge in [0.1, 0.15) is 17.3 Å². The van der Waals surface area contributed by atoms with E-state index in [-0.39, 0.29) is 0 Å². The molecule has 0 aliphatic carbocycles. The Bertz CT molecular complexity index is 1010. The molecule has 1 aromatic heterocycles. The summed E-state index contributed by atoms with van der Waals surface area (Å²) in [5, 5.41) is 4.13. The highest BCUT2D eigenvalue weighted by Crippen LogP contribution is 2.28. The van der Waals surface area contributed by atoms with Gasteiger partial charge < -0.3 is 24.3 Å². The van der Waals surface area contributed by atoms with Crippen molar-refractivity contribution in [1.82, 2.24) is 14.5 Å². The van der Waals surface area contributed by atoms with E-state index in [1.807, 2.05) is 49.5 Å². The minimum atomic E-state index is 0.438. The van der Waals surface area contributed by atoms with Crippen LogP contribution >= 0.6 is 12.2 Å². The Kier molecular flexibility index (Phi) is 7.27. The highest BCUT2D eigenvalue weighted by atomic mass is 32.1. The van der Waals surface area contributed by atoms with Crippen molar-refractivity contribution in [2.75, 3.05) is 32.1 Å². The van der Waals surface area contributed by atoms with Crippen LogP contribution < -0.4 is 14.8 Å². The van der Waals surface area contributed by atoms with Gasteiger partial charge in [0.15, 0.2) is 5.11 Å². The van der Waals surface area contributed by atoms with E-state index in [2.05, 4.69) is 33.1 Å². The van der Waals surface area contributed by atoms with Gasteiger partial charge >= 0.3 is 0 Å². The van der Waals surface area contributed by atoms with Crippen molar-refractivity contribution in [3.63, 3.8) is 0 Å². The quantitative estimate of drug-likeness (QED) is 0.516. The van der Waals surface area contributed by atoms with Crippen LogP contribution in [-0.2, 0) is 6.54 Å².